The van der Waals surface area contributed by atoms with Crippen LogP contribution >= 0.6 is 22.6 Å². The van der Waals surface area contributed by atoms with Crippen molar-refractivity contribution in [1.29, 1.82) is 0 Å². The monoisotopic (exact) mass is 365 g/mol. The van der Waals surface area contributed by atoms with Gasteiger partial charge in [0, 0.05) is 15.3 Å². The molecule has 19 heavy (non-hydrogen) atoms. The number of anilines is 1. The molecule has 96 valence electrons. The van der Waals surface area contributed by atoms with Gasteiger partial charge in [0.2, 0.25) is 0 Å². The van der Waals surface area contributed by atoms with Crippen molar-refractivity contribution in [1.82, 2.24) is 0 Å². The number of ether oxygens (including phenoxy) is 1. The maximum Gasteiger partial charge on any atom is 0.251 e. The van der Waals surface area contributed by atoms with Crippen LogP contribution in [0.25, 0.3) is 0 Å². The summed E-state index contributed by atoms with van der Waals surface area (Å²) in [6.07, 6.45) is 2.72. The highest BCUT2D eigenvalue weighted by molar-refractivity contribution is 14.1. The number of carbonyl (C=O) groups is 1. The fraction of sp³-hybridized carbons (Fsp3) is 0. The normalized spacial score (nSPS) is 10.4. The van der Waals surface area contributed by atoms with Crippen LogP contribution in [0.4, 0.5) is 5.69 Å². The van der Waals surface area contributed by atoms with Gasteiger partial charge in [-0.15, -0.1) is 0 Å². The van der Waals surface area contributed by atoms with Crippen molar-refractivity contribution in [2.75, 3.05) is 5.32 Å². The van der Waals surface area contributed by atoms with Crippen LogP contribution in [0.1, 0.15) is 0 Å². The first-order chi connectivity index (χ1) is 9.24. The number of nitrogens with one attached hydrogen (secondary N) is 1. The van der Waals surface area contributed by atoms with Gasteiger partial charge in [-0.1, -0.05) is 18.2 Å². The van der Waals surface area contributed by atoms with E-state index in [2.05, 4.69) is 27.9 Å². The highest BCUT2D eigenvalue weighted by atomic mass is 127. The molecule has 0 saturated carbocycles. The molecule has 4 heteroatoms. The first kappa shape index (κ1) is 13.6. The smallest absolute Gasteiger partial charge is 0.251 e. The minimum atomic E-state index is -0.225. The van der Waals surface area contributed by atoms with Crippen LogP contribution < -0.4 is 10.1 Å². The molecule has 0 fully saturated rings. The molecule has 0 aliphatic rings. The predicted molar refractivity (Wildman–Crippen MR) is 84.0 cm³/mol. The third-order valence-corrected chi connectivity index (χ3v) is 3.00. The van der Waals surface area contributed by atoms with Crippen LogP contribution in [-0.4, -0.2) is 5.91 Å². The molecule has 0 unspecified atom stereocenters. The summed E-state index contributed by atoms with van der Waals surface area (Å²) in [7, 11) is 0. The molecule has 0 radical (unpaired) electrons. The molecule has 0 heterocycles. The first-order valence-corrected chi connectivity index (χ1v) is 6.77. The minimum absolute atomic E-state index is 0.225. The number of para-hydroxylation sites is 1. The van der Waals surface area contributed by atoms with Gasteiger partial charge >= 0.3 is 0 Å². The van der Waals surface area contributed by atoms with Crippen molar-refractivity contribution in [3.05, 3.63) is 70.5 Å². The second-order valence-corrected chi connectivity index (χ2v) is 4.98. The zero-order chi connectivity index (χ0) is 13.5. The van der Waals surface area contributed by atoms with Crippen LogP contribution in [0.3, 0.4) is 0 Å². The van der Waals surface area contributed by atoms with E-state index >= 15 is 0 Å². The van der Waals surface area contributed by atoms with Gasteiger partial charge in [-0.05, 0) is 59.0 Å². The number of carbonyl (C=O) groups excluding carboxylic acids is 1. The summed E-state index contributed by atoms with van der Waals surface area (Å²) >= 11 is 2.21. The molecule has 2 aromatic carbocycles. The van der Waals surface area contributed by atoms with Gasteiger partial charge in [-0.2, -0.15) is 0 Å². The van der Waals surface area contributed by atoms with Gasteiger partial charge in [0.05, 0.1) is 6.26 Å². The third kappa shape index (κ3) is 4.75. The molecule has 0 aliphatic heterocycles. The lowest BCUT2D eigenvalue weighted by atomic mass is 10.3. The first-order valence-electron chi connectivity index (χ1n) is 5.69. The highest BCUT2D eigenvalue weighted by Gasteiger charge is 1.97. The van der Waals surface area contributed by atoms with Gasteiger partial charge in [-0.25, -0.2) is 0 Å². The number of hydrogen-bond acceptors (Lipinski definition) is 2. The van der Waals surface area contributed by atoms with Crippen molar-refractivity contribution in [2.45, 2.75) is 0 Å². The lowest BCUT2D eigenvalue weighted by molar-refractivity contribution is -0.112. The summed E-state index contributed by atoms with van der Waals surface area (Å²) in [6.45, 7) is 0. The maximum absolute atomic E-state index is 11.6. The molecule has 0 saturated heterocycles. The van der Waals surface area contributed by atoms with Crippen molar-refractivity contribution in [3.8, 4) is 5.75 Å². The molecule has 3 nitrogen and oxygen atoms in total. The third-order valence-electron chi connectivity index (χ3n) is 2.28. The van der Waals surface area contributed by atoms with Gasteiger partial charge < -0.3 is 10.1 Å². The zero-order valence-electron chi connectivity index (χ0n) is 10.0. The molecule has 2 rings (SSSR count). The highest BCUT2D eigenvalue weighted by Crippen LogP contribution is 2.11. The van der Waals surface area contributed by atoms with Gasteiger partial charge in [0.1, 0.15) is 5.75 Å². The second kappa shape index (κ2) is 6.94. The molecule has 0 spiro atoms. The Kier molecular flexibility index (Phi) is 4.97. The molecule has 1 amide bonds. The molecule has 0 aromatic heterocycles. The number of rotatable bonds is 4. The summed E-state index contributed by atoms with van der Waals surface area (Å²) in [6, 6.07) is 16.9. The molecular formula is C15H12INO2. The number of halogens is 1. The van der Waals surface area contributed by atoms with E-state index < -0.39 is 0 Å². The van der Waals surface area contributed by atoms with Gasteiger partial charge in [-0.3, -0.25) is 4.79 Å². The Balaban J connectivity index is 1.86. The fourth-order valence-corrected chi connectivity index (χ4v) is 1.75. The van der Waals surface area contributed by atoms with E-state index in [0.29, 0.717) is 5.75 Å². The predicted octanol–water partition coefficient (Wildman–Crippen LogP) is 3.82. The van der Waals surface area contributed by atoms with E-state index in [1.807, 2.05) is 54.6 Å². The summed E-state index contributed by atoms with van der Waals surface area (Å²) in [4.78, 5) is 11.6. The SMILES string of the molecule is O=C(C=COc1ccccc1)Nc1ccc(I)cc1. The number of benzene rings is 2. The Morgan fingerprint density at radius 1 is 1.05 bits per heavy atom. The summed E-state index contributed by atoms with van der Waals surface area (Å²) in [5.41, 5.74) is 0.759. The molecule has 0 atom stereocenters. The van der Waals surface area contributed by atoms with Crippen LogP contribution in [-0.2, 0) is 4.79 Å². The van der Waals surface area contributed by atoms with Gasteiger partial charge in [0.15, 0.2) is 0 Å². The lowest BCUT2D eigenvalue weighted by Gasteiger charge is -2.02. The number of amides is 1. The average Bonchev–Trinajstić information content (AvgIpc) is 2.43. The molecule has 2 aromatic rings. The maximum atomic E-state index is 11.6. The second-order valence-electron chi connectivity index (χ2n) is 3.73. The van der Waals surface area contributed by atoms with Crippen molar-refractivity contribution in [3.63, 3.8) is 0 Å². The Hall–Kier alpha value is -1.82. The Bertz CT molecular complexity index is 564. The lowest BCUT2D eigenvalue weighted by Crippen LogP contribution is -2.08. The van der Waals surface area contributed by atoms with E-state index in [-0.39, 0.29) is 5.91 Å². The van der Waals surface area contributed by atoms with Gasteiger partial charge in [0.25, 0.3) is 5.91 Å². The molecule has 0 aliphatic carbocycles. The Morgan fingerprint density at radius 2 is 1.74 bits per heavy atom. The van der Waals surface area contributed by atoms with Crippen LogP contribution in [0.15, 0.2) is 66.9 Å². The summed E-state index contributed by atoms with van der Waals surface area (Å²) in [5, 5.41) is 2.75. The van der Waals surface area contributed by atoms with E-state index in [0.717, 1.165) is 9.26 Å². The molecule has 0 bridgehead atoms. The Labute approximate surface area is 125 Å². The van der Waals surface area contributed by atoms with Crippen LogP contribution in [0.2, 0.25) is 0 Å². The quantitative estimate of drug-likeness (QED) is 0.508. The van der Waals surface area contributed by atoms with E-state index in [4.69, 9.17) is 4.74 Å². The summed E-state index contributed by atoms with van der Waals surface area (Å²) in [5.74, 6) is 0.470. The molecule has 1 N–H and O–H groups in total. The van der Waals surface area contributed by atoms with Crippen LogP contribution in [0, 0.1) is 3.57 Å². The molecular weight excluding hydrogens is 353 g/mol. The summed E-state index contributed by atoms with van der Waals surface area (Å²) < 4.78 is 6.41. The zero-order valence-corrected chi connectivity index (χ0v) is 12.2. The van der Waals surface area contributed by atoms with E-state index in [9.17, 15) is 4.79 Å². The standard InChI is InChI=1S/C15H12INO2/c16-12-6-8-13(9-7-12)17-15(18)10-11-19-14-4-2-1-3-5-14/h1-11H,(H,17,18). The topological polar surface area (TPSA) is 38.3 Å². The minimum Gasteiger partial charge on any atom is -0.465 e. The van der Waals surface area contributed by atoms with Crippen molar-refractivity contribution < 1.29 is 9.53 Å². The largest absolute Gasteiger partial charge is 0.465 e. The van der Waals surface area contributed by atoms with Crippen molar-refractivity contribution >= 4 is 34.2 Å². The average molecular weight is 365 g/mol. The van der Waals surface area contributed by atoms with Crippen LogP contribution in [0.5, 0.6) is 5.75 Å². The fourth-order valence-electron chi connectivity index (χ4n) is 1.39. The number of hydrogen-bond donors (Lipinski definition) is 1. The van der Waals surface area contributed by atoms with E-state index in [1.165, 1.54) is 12.3 Å². The van der Waals surface area contributed by atoms with Crippen molar-refractivity contribution in [2.24, 2.45) is 0 Å². The van der Waals surface area contributed by atoms with E-state index in [1.54, 1.807) is 0 Å². The Morgan fingerprint density at radius 3 is 2.42 bits per heavy atom.